The number of nitrogens with zero attached hydrogens (tertiary/aromatic N) is 1. The zero-order chi connectivity index (χ0) is 14.5. The predicted octanol–water partition coefficient (Wildman–Crippen LogP) is 2.46. The number of piperidine rings is 1. The second-order valence-corrected chi connectivity index (χ2v) is 6.13. The topological polar surface area (TPSA) is 69.6 Å². The van der Waals surface area contributed by atoms with E-state index in [-0.39, 0.29) is 12.1 Å². The first-order chi connectivity index (χ1) is 9.61. The van der Waals surface area contributed by atoms with Crippen LogP contribution in [0, 0.1) is 11.8 Å². The van der Waals surface area contributed by atoms with E-state index in [4.69, 9.17) is 5.11 Å². The third kappa shape index (κ3) is 3.64. The number of hydrogen-bond acceptors (Lipinski definition) is 2. The second-order valence-electron chi connectivity index (χ2n) is 6.13. The van der Waals surface area contributed by atoms with Gasteiger partial charge in [0.25, 0.3) is 0 Å². The van der Waals surface area contributed by atoms with Crippen LogP contribution in [0.1, 0.15) is 51.9 Å². The standard InChI is InChI=1S/C15H26N2O3/c1-2-11-6-3-4-8-13(11)16-15(20)17-9-5-7-12(10-17)14(18)19/h11-13H,2-10H2,1H3,(H,16,20)(H,18,19)/t11?,12-,13?/m0/s1. The first-order valence-electron chi connectivity index (χ1n) is 7.90. The fourth-order valence-electron chi connectivity index (χ4n) is 3.50. The number of likely N-dealkylation sites (tertiary alicyclic amines) is 1. The van der Waals surface area contributed by atoms with E-state index in [1.54, 1.807) is 4.90 Å². The number of carbonyl (C=O) groups is 2. The number of carboxylic acid groups (broad SMARTS) is 1. The quantitative estimate of drug-likeness (QED) is 0.835. The smallest absolute Gasteiger partial charge is 0.317 e. The molecular weight excluding hydrogens is 256 g/mol. The van der Waals surface area contributed by atoms with Gasteiger partial charge >= 0.3 is 12.0 Å². The van der Waals surface area contributed by atoms with Crippen molar-refractivity contribution in [2.75, 3.05) is 13.1 Å². The number of amides is 2. The van der Waals surface area contributed by atoms with Gasteiger partial charge in [0.1, 0.15) is 0 Å². The average molecular weight is 282 g/mol. The van der Waals surface area contributed by atoms with Gasteiger partial charge in [-0.2, -0.15) is 0 Å². The zero-order valence-corrected chi connectivity index (χ0v) is 12.3. The minimum absolute atomic E-state index is 0.0682. The van der Waals surface area contributed by atoms with E-state index in [1.807, 2.05) is 0 Å². The van der Waals surface area contributed by atoms with E-state index in [2.05, 4.69) is 12.2 Å². The third-order valence-electron chi connectivity index (χ3n) is 4.80. The molecule has 3 atom stereocenters. The highest BCUT2D eigenvalue weighted by Crippen LogP contribution is 2.27. The number of nitrogens with one attached hydrogen (secondary N) is 1. The number of carboxylic acids is 1. The summed E-state index contributed by atoms with van der Waals surface area (Å²) in [5, 5.41) is 12.2. The van der Waals surface area contributed by atoms with E-state index in [1.165, 1.54) is 19.3 Å². The van der Waals surface area contributed by atoms with Gasteiger partial charge in [-0.25, -0.2) is 4.79 Å². The van der Waals surface area contributed by atoms with Gasteiger partial charge in [0.05, 0.1) is 5.92 Å². The van der Waals surface area contributed by atoms with Crippen LogP contribution in [-0.2, 0) is 4.79 Å². The molecule has 0 bridgehead atoms. The Hall–Kier alpha value is -1.26. The van der Waals surface area contributed by atoms with Crippen LogP contribution in [0.4, 0.5) is 4.79 Å². The van der Waals surface area contributed by atoms with Crippen molar-refractivity contribution < 1.29 is 14.7 Å². The molecule has 0 aromatic rings. The van der Waals surface area contributed by atoms with Gasteiger partial charge in [-0.1, -0.05) is 26.2 Å². The van der Waals surface area contributed by atoms with E-state index in [9.17, 15) is 9.59 Å². The van der Waals surface area contributed by atoms with Crippen molar-refractivity contribution in [3.8, 4) is 0 Å². The van der Waals surface area contributed by atoms with Crippen LogP contribution < -0.4 is 5.32 Å². The molecule has 2 rings (SSSR count). The highest BCUT2D eigenvalue weighted by molar-refractivity contribution is 5.76. The SMILES string of the molecule is CCC1CCCCC1NC(=O)N1CCC[C@H](C(=O)O)C1. The summed E-state index contributed by atoms with van der Waals surface area (Å²) in [7, 11) is 0. The van der Waals surface area contributed by atoms with E-state index in [0.29, 0.717) is 25.4 Å². The number of urea groups is 1. The Labute approximate surface area is 120 Å². The molecule has 1 saturated heterocycles. The molecule has 2 fully saturated rings. The molecule has 20 heavy (non-hydrogen) atoms. The maximum Gasteiger partial charge on any atom is 0.317 e. The number of carbonyl (C=O) groups excluding carboxylic acids is 1. The summed E-state index contributed by atoms with van der Waals surface area (Å²) < 4.78 is 0. The molecule has 1 saturated carbocycles. The Morgan fingerprint density at radius 1 is 1.20 bits per heavy atom. The fraction of sp³-hybridized carbons (Fsp3) is 0.867. The molecule has 114 valence electrons. The molecule has 5 heteroatoms. The van der Waals surface area contributed by atoms with Gasteiger partial charge in [-0.15, -0.1) is 0 Å². The Morgan fingerprint density at radius 2 is 1.95 bits per heavy atom. The van der Waals surface area contributed by atoms with Gasteiger partial charge < -0.3 is 15.3 Å². The summed E-state index contributed by atoms with van der Waals surface area (Å²) in [5.41, 5.74) is 0. The summed E-state index contributed by atoms with van der Waals surface area (Å²) in [6, 6.07) is 0.202. The number of hydrogen-bond donors (Lipinski definition) is 2. The van der Waals surface area contributed by atoms with Gasteiger partial charge in [0.15, 0.2) is 0 Å². The molecule has 5 nitrogen and oxygen atoms in total. The summed E-state index contributed by atoms with van der Waals surface area (Å²) in [6.45, 7) is 3.21. The summed E-state index contributed by atoms with van der Waals surface area (Å²) in [4.78, 5) is 25.1. The first kappa shape index (κ1) is 15.1. The summed E-state index contributed by atoms with van der Waals surface area (Å²) >= 11 is 0. The van der Waals surface area contributed by atoms with Crippen LogP contribution >= 0.6 is 0 Å². The lowest BCUT2D eigenvalue weighted by molar-refractivity contribution is -0.143. The lowest BCUT2D eigenvalue weighted by Crippen LogP contribution is -2.51. The van der Waals surface area contributed by atoms with Crippen LogP contribution in [0.15, 0.2) is 0 Å². The Morgan fingerprint density at radius 3 is 2.65 bits per heavy atom. The first-order valence-corrected chi connectivity index (χ1v) is 7.90. The molecular formula is C15H26N2O3. The lowest BCUT2D eigenvalue weighted by atomic mass is 9.83. The van der Waals surface area contributed by atoms with Crippen LogP contribution in [0.3, 0.4) is 0 Å². The van der Waals surface area contributed by atoms with Gasteiger partial charge in [0.2, 0.25) is 0 Å². The highest BCUT2D eigenvalue weighted by atomic mass is 16.4. The van der Waals surface area contributed by atoms with Crippen LogP contribution in [-0.4, -0.2) is 41.1 Å². The van der Waals surface area contributed by atoms with Crippen LogP contribution in [0.5, 0.6) is 0 Å². The minimum atomic E-state index is -0.786. The fourth-order valence-corrected chi connectivity index (χ4v) is 3.50. The monoisotopic (exact) mass is 282 g/mol. The van der Waals surface area contributed by atoms with Gasteiger partial charge in [-0.05, 0) is 31.6 Å². The number of rotatable bonds is 3. The van der Waals surface area contributed by atoms with Crippen molar-refractivity contribution >= 4 is 12.0 Å². The van der Waals surface area contributed by atoms with Crippen molar-refractivity contribution in [1.29, 1.82) is 0 Å². The molecule has 2 N–H and O–H groups in total. The second kappa shape index (κ2) is 6.95. The lowest BCUT2D eigenvalue weighted by Gasteiger charge is -2.36. The summed E-state index contributed by atoms with van der Waals surface area (Å²) in [6.07, 6.45) is 7.25. The van der Waals surface area contributed by atoms with E-state index < -0.39 is 11.9 Å². The molecule has 0 radical (unpaired) electrons. The Kier molecular flexibility index (Phi) is 5.26. The average Bonchev–Trinajstić information content (AvgIpc) is 2.48. The van der Waals surface area contributed by atoms with Crippen molar-refractivity contribution in [3.05, 3.63) is 0 Å². The van der Waals surface area contributed by atoms with Crippen molar-refractivity contribution in [1.82, 2.24) is 10.2 Å². The maximum atomic E-state index is 12.3. The molecule has 2 aliphatic rings. The largest absolute Gasteiger partial charge is 0.481 e. The van der Waals surface area contributed by atoms with E-state index >= 15 is 0 Å². The van der Waals surface area contributed by atoms with Crippen molar-refractivity contribution in [2.24, 2.45) is 11.8 Å². The van der Waals surface area contributed by atoms with Gasteiger partial charge in [0, 0.05) is 19.1 Å². The predicted molar refractivity (Wildman–Crippen MR) is 76.5 cm³/mol. The molecule has 2 amide bonds. The normalized spacial score (nSPS) is 30.9. The number of aliphatic carboxylic acids is 1. The summed E-state index contributed by atoms with van der Waals surface area (Å²) in [5.74, 6) is -0.609. The molecule has 0 spiro atoms. The minimum Gasteiger partial charge on any atom is -0.481 e. The molecule has 1 heterocycles. The molecule has 0 aromatic carbocycles. The molecule has 0 aromatic heterocycles. The molecule has 2 unspecified atom stereocenters. The van der Waals surface area contributed by atoms with E-state index in [0.717, 1.165) is 19.3 Å². The van der Waals surface area contributed by atoms with Crippen molar-refractivity contribution in [3.63, 3.8) is 0 Å². The maximum absolute atomic E-state index is 12.3. The molecule has 1 aliphatic heterocycles. The zero-order valence-electron chi connectivity index (χ0n) is 12.3. The third-order valence-corrected chi connectivity index (χ3v) is 4.80. The Bertz CT molecular complexity index is 359. The highest BCUT2D eigenvalue weighted by Gasteiger charge is 2.31. The van der Waals surface area contributed by atoms with Crippen molar-refractivity contribution in [2.45, 2.75) is 57.9 Å². The van der Waals surface area contributed by atoms with Crippen LogP contribution in [0.2, 0.25) is 0 Å². The van der Waals surface area contributed by atoms with Crippen LogP contribution in [0.25, 0.3) is 0 Å². The molecule has 1 aliphatic carbocycles. The van der Waals surface area contributed by atoms with Gasteiger partial charge in [-0.3, -0.25) is 4.79 Å². The Balaban J connectivity index is 1.88.